The van der Waals surface area contributed by atoms with Crippen LogP contribution in [0.2, 0.25) is 0 Å². The maximum absolute atomic E-state index is 3.56. The molecule has 0 saturated carbocycles. The summed E-state index contributed by atoms with van der Waals surface area (Å²) in [5.74, 6) is 1.50. The molecule has 1 nitrogen and oxygen atoms in total. The summed E-state index contributed by atoms with van der Waals surface area (Å²) in [5.41, 5.74) is 1.49. The second-order valence-corrected chi connectivity index (χ2v) is 4.54. The molecule has 1 fully saturated rings. The molecule has 1 aliphatic heterocycles. The van der Waals surface area contributed by atoms with Gasteiger partial charge in [-0.2, -0.15) is 0 Å². The van der Waals surface area contributed by atoms with Crippen LogP contribution >= 0.6 is 0 Å². The minimum Gasteiger partial charge on any atom is -0.314 e. The molecule has 0 aliphatic carbocycles. The molecule has 1 aromatic carbocycles. The second-order valence-electron chi connectivity index (χ2n) is 4.54. The lowest BCUT2D eigenvalue weighted by Gasteiger charge is -2.34. The minimum atomic E-state index is 0.685. The first-order chi connectivity index (χ1) is 6.77. The Bertz CT molecular complexity index is 281. The molecule has 0 amide bonds. The maximum Gasteiger partial charge on any atom is 0.00417 e. The molecule has 3 unspecified atom stereocenters. The first kappa shape index (κ1) is 9.72. The van der Waals surface area contributed by atoms with E-state index < -0.39 is 0 Å². The van der Waals surface area contributed by atoms with Crippen LogP contribution in [-0.4, -0.2) is 12.6 Å². The van der Waals surface area contributed by atoms with Crippen molar-refractivity contribution in [1.29, 1.82) is 0 Å². The lowest BCUT2D eigenvalue weighted by molar-refractivity contribution is 0.294. The summed E-state index contributed by atoms with van der Waals surface area (Å²) < 4.78 is 0. The molecule has 1 aromatic rings. The number of nitrogens with one attached hydrogen (secondary N) is 1. The third kappa shape index (κ3) is 1.98. The molecule has 1 aliphatic rings. The van der Waals surface area contributed by atoms with Crippen LogP contribution in [0.3, 0.4) is 0 Å². The van der Waals surface area contributed by atoms with Crippen molar-refractivity contribution in [2.75, 3.05) is 6.54 Å². The van der Waals surface area contributed by atoms with Crippen LogP contribution in [0.4, 0.5) is 0 Å². The summed E-state index contributed by atoms with van der Waals surface area (Å²) in [6, 6.07) is 11.6. The van der Waals surface area contributed by atoms with Crippen LogP contribution < -0.4 is 5.32 Å². The van der Waals surface area contributed by atoms with Gasteiger partial charge in [-0.25, -0.2) is 0 Å². The summed E-state index contributed by atoms with van der Waals surface area (Å²) in [4.78, 5) is 0. The normalized spacial score (nSPS) is 32.9. The Balaban J connectivity index is 2.12. The lowest BCUT2D eigenvalue weighted by Crippen LogP contribution is -2.40. The van der Waals surface area contributed by atoms with E-state index in [-0.39, 0.29) is 0 Å². The van der Waals surface area contributed by atoms with Crippen molar-refractivity contribution >= 4 is 0 Å². The van der Waals surface area contributed by atoms with Crippen LogP contribution in [0.25, 0.3) is 0 Å². The van der Waals surface area contributed by atoms with E-state index in [1.807, 2.05) is 0 Å². The fourth-order valence-corrected chi connectivity index (χ4v) is 2.48. The van der Waals surface area contributed by atoms with Gasteiger partial charge in [0.25, 0.3) is 0 Å². The lowest BCUT2D eigenvalue weighted by atomic mass is 9.80. The van der Waals surface area contributed by atoms with Gasteiger partial charge >= 0.3 is 0 Å². The molecule has 0 spiro atoms. The summed E-state index contributed by atoms with van der Waals surface area (Å²) in [5, 5.41) is 3.56. The zero-order valence-electron chi connectivity index (χ0n) is 9.03. The highest BCUT2D eigenvalue weighted by Gasteiger charge is 2.25. The standard InChI is InChI=1S/C13H19N/c1-10-8-11(2)14-9-13(10)12-6-4-3-5-7-12/h3-7,10-11,13-14H,8-9H2,1-2H3. The van der Waals surface area contributed by atoms with E-state index in [9.17, 15) is 0 Å². The van der Waals surface area contributed by atoms with E-state index in [1.165, 1.54) is 12.0 Å². The molecular weight excluding hydrogens is 170 g/mol. The summed E-state index contributed by atoms with van der Waals surface area (Å²) >= 11 is 0. The largest absolute Gasteiger partial charge is 0.314 e. The van der Waals surface area contributed by atoms with Crippen LogP contribution in [-0.2, 0) is 0 Å². The van der Waals surface area contributed by atoms with Crippen LogP contribution in [0.1, 0.15) is 31.7 Å². The number of hydrogen-bond acceptors (Lipinski definition) is 1. The first-order valence-electron chi connectivity index (χ1n) is 5.55. The smallest absolute Gasteiger partial charge is 0.00417 e. The number of hydrogen-bond donors (Lipinski definition) is 1. The summed E-state index contributed by atoms with van der Waals surface area (Å²) in [6.07, 6.45) is 1.29. The topological polar surface area (TPSA) is 12.0 Å². The Morgan fingerprint density at radius 1 is 1.14 bits per heavy atom. The van der Waals surface area contributed by atoms with Crippen molar-refractivity contribution < 1.29 is 0 Å². The summed E-state index contributed by atoms with van der Waals surface area (Å²) in [7, 11) is 0. The van der Waals surface area contributed by atoms with Gasteiger partial charge in [-0.15, -0.1) is 0 Å². The highest BCUT2D eigenvalue weighted by Crippen LogP contribution is 2.30. The Kier molecular flexibility index (Phi) is 2.87. The summed E-state index contributed by atoms with van der Waals surface area (Å²) in [6.45, 7) is 5.78. The highest BCUT2D eigenvalue weighted by molar-refractivity contribution is 5.21. The SMILES string of the molecule is CC1CC(C)C(c2ccccc2)CN1. The van der Waals surface area contributed by atoms with E-state index in [1.54, 1.807) is 0 Å². The molecule has 2 rings (SSSR count). The molecule has 14 heavy (non-hydrogen) atoms. The van der Waals surface area contributed by atoms with E-state index in [2.05, 4.69) is 49.5 Å². The molecule has 0 aromatic heterocycles. The number of rotatable bonds is 1. The fourth-order valence-electron chi connectivity index (χ4n) is 2.48. The molecule has 3 atom stereocenters. The molecule has 1 saturated heterocycles. The molecular formula is C13H19N. The molecule has 0 bridgehead atoms. The Hall–Kier alpha value is -0.820. The van der Waals surface area contributed by atoms with Crippen molar-refractivity contribution in [2.45, 2.75) is 32.2 Å². The van der Waals surface area contributed by atoms with Gasteiger partial charge in [0.1, 0.15) is 0 Å². The van der Waals surface area contributed by atoms with Gasteiger partial charge in [-0.3, -0.25) is 0 Å². The third-order valence-corrected chi connectivity index (χ3v) is 3.33. The van der Waals surface area contributed by atoms with Crippen molar-refractivity contribution in [2.24, 2.45) is 5.92 Å². The Labute approximate surface area is 86.5 Å². The Morgan fingerprint density at radius 2 is 1.86 bits per heavy atom. The van der Waals surface area contributed by atoms with Gasteiger partial charge in [0.2, 0.25) is 0 Å². The quantitative estimate of drug-likeness (QED) is 0.716. The minimum absolute atomic E-state index is 0.685. The van der Waals surface area contributed by atoms with Gasteiger partial charge in [-0.1, -0.05) is 37.3 Å². The number of piperidine rings is 1. The number of benzene rings is 1. The van der Waals surface area contributed by atoms with Crippen molar-refractivity contribution in [3.63, 3.8) is 0 Å². The van der Waals surface area contributed by atoms with Gasteiger partial charge < -0.3 is 5.32 Å². The highest BCUT2D eigenvalue weighted by atomic mass is 14.9. The first-order valence-corrected chi connectivity index (χ1v) is 5.55. The average Bonchev–Trinajstić information content (AvgIpc) is 2.19. The van der Waals surface area contributed by atoms with Crippen LogP contribution in [0.5, 0.6) is 0 Å². The van der Waals surface area contributed by atoms with E-state index in [0.29, 0.717) is 12.0 Å². The van der Waals surface area contributed by atoms with Gasteiger partial charge in [0.15, 0.2) is 0 Å². The average molecular weight is 189 g/mol. The maximum atomic E-state index is 3.56. The predicted molar refractivity (Wildman–Crippen MR) is 60.4 cm³/mol. The zero-order valence-corrected chi connectivity index (χ0v) is 9.03. The Morgan fingerprint density at radius 3 is 2.50 bits per heavy atom. The molecule has 1 N–H and O–H groups in total. The second kappa shape index (κ2) is 4.14. The zero-order chi connectivity index (χ0) is 9.97. The predicted octanol–water partition coefficient (Wildman–Crippen LogP) is 2.79. The van der Waals surface area contributed by atoms with Crippen LogP contribution in [0, 0.1) is 5.92 Å². The van der Waals surface area contributed by atoms with Gasteiger partial charge in [0.05, 0.1) is 0 Å². The molecule has 1 heterocycles. The third-order valence-electron chi connectivity index (χ3n) is 3.33. The van der Waals surface area contributed by atoms with Crippen molar-refractivity contribution in [3.8, 4) is 0 Å². The van der Waals surface area contributed by atoms with Crippen molar-refractivity contribution in [3.05, 3.63) is 35.9 Å². The monoisotopic (exact) mass is 189 g/mol. The van der Waals surface area contributed by atoms with Gasteiger partial charge in [0, 0.05) is 12.6 Å². The molecule has 76 valence electrons. The van der Waals surface area contributed by atoms with E-state index in [0.717, 1.165) is 12.5 Å². The molecule has 0 radical (unpaired) electrons. The van der Waals surface area contributed by atoms with Crippen LogP contribution in [0.15, 0.2) is 30.3 Å². The van der Waals surface area contributed by atoms with E-state index in [4.69, 9.17) is 0 Å². The molecule has 1 heteroatoms. The van der Waals surface area contributed by atoms with Gasteiger partial charge in [-0.05, 0) is 30.7 Å². The van der Waals surface area contributed by atoms with E-state index >= 15 is 0 Å². The van der Waals surface area contributed by atoms with Crippen molar-refractivity contribution in [1.82, 2.24) is 5.32 Å². The fraction of sp³-hybridized carbons (Fsp3) is 0.538.